The van der Waals surface area contributed by atoms with Crippen molar-refractivity contribution in [2.75, 3.05) is 14.1 Å². The molecule has 0 atom stereocenters. The van der Waals surface area contributed by atoms with Crippen molar-refractivity contribution in [1.29, 1.82) is 0 Å². The zero-order valence-corrected chi connectivity index (χ0v) is 17.1. The van der Waals surface area contributed by atoms with Gasteiger partial charge in [-0.15, -0.1) is 0 Å². The minimum Gasteiger partial charge on any atom is -0.277 e. The highest BCUT2D eigenvalue weighted by molar-refractivity contribution is 6.41. The van der Waals surface area contributed by atoms with E-state index < -0.39 is 0 Å². The third-order valence-electron chi connectivity index (χ3n) is 7.04. The van der Waals surface area contributed by atoms with Gasteiger partial charge in [-0.25, -0.2) is 0 Å². The first-order valence-electron chi connectivity index (χ1n) is 10.2. The molecule has 7 rings (SSSR count). The van der Waals surface area contributed by atoms with E-state index >= 15 is 0 Å². The molecule has 0 fully saturated rings. The Bertz CT molecular complexity index is 1530. The molecule has 2 aliphatic rings. The van der Waals surface area contributed by atoms with Crippen LogP contribution in [0, 0.1) is 0 Å². The molecule has 0 unspecified atom stereocenters. The largest absolute Gasteiger partial charge is 0.277 e. The van der Waals surface area contributed by atoms with E-state index in [1.54, 1.807) is 24.3 Å². The monoisotopic (exact) mass is 434 g/mol. The molecule has 5 aromatic carbocycles. The molecular weight excluding hydrogens is 416 g/mol. The number of carbonyl (C=O) groups is 4. The van der Waals surface area contributed by atoms with Crippen molar-refractivity contribution in [2.24, 2.45) is 0 Å². The van der Waals surface area contributed by atoms with Gasteiger partial charge in [0.2, 0.25) is 0 Å². The van der Waals surface area contributed by atoms with E-state index in [1.807, 2.05) is 24.3 Å². The number of rotatable bonds is 0. The Hall–Kier alpha value is -4.32. The summed E-state index contributed by atoms with van der Waals surface area (Å²) >= 11 is 0. The van der Waals surface area contributed by atoms with Gasteiger partial charge in [-0.3, -0.25) is 29.0 Å². The third-order valence-corrected chi connectivity index (χ3v) is 7.04. The summed E-state index contributed by atoms with van der Waals surface area (Å²) in [7, 11) is 2.99. The first-order chi connectivity index (χ1) is 15.4. The van der Waals surface area contributed by atoms with Gasteiger partial charge in [-0.2, -0.15) is 0 Å². The number of fused-ring (bicyclic) bond motifs is 2. The van der Waals surface area contributed by atoms with Crippen molar-refractivity contribution in [1.82, 2.24) is 9.80 Å². The zero-order valence-electron chi connectivity index (χ0n) is 17.1. The van der Waals surface area contributed by atoms with Gasteiger partial charge in [0, 0.05) is 47.1 Å². The van der Waals surface area contributed by atoms with Crippen molar-refractivity contribution in [3.63, 3.8) is 0 Å². The van der Waals surface area contributed by atoms with Gasteiger partial charge in [0.15, 0.2) is 0 Å². The second-order valence-electron chi connectivity index (χ2n) is 8.48. The number of carbonyl (C=O) groups excluding carboxylic acids is 4. The van der Waals surface area contributed by atoms with E-state index in [9.17, 15) is 19.2 Å². The fourth-order valence-electron chi connectivity index (χ4n) is 5.51. The molecule has 0 saturated heterocycles. The fourth-order valence-corrected chi connectivity index (χ4v) is 5.51. The Morgan fingerprint density at radius 3 is 0.909 bits per heavy atom. The maximum absolute atomic E-state index is 12.8. The van der Waals surface area contributed by atoms with Crippen LogP contribution in [-0.4, -0.2) is 47.5 Å². The van der Waals surface area contributed by atoms with E-state index in [2.05, 4.69) is 0 Å². The summed E-state index contributed by atoms with van der Waals surface area (Å²) < 4.78 is 0. The molecule has 4 amide bonds. The summed E-state index contributed by atoms with van der Waals surface area (Å²) in [5, 5.41) is 6.60. The summed E-state index contributed by atoms with van der Waals surface area (Å²) in [4.78, 5) is 53.7. The topological polar surface area (TPSA) is 74.8 Å². The molecule has 0 N–H and O–H groups in total. The number of hydrogen-bond donors (Lipinski definition) is 0. The standard InChI is InChI=1S/C26H14N2O4.CH4/c1-27-23(29)15-7-3-11-13-5-9-17-22-18(26(32)28(2)25(17)31)10-6-14(20(13)22)12-4-8-16(24(27)30)21(15)19(11)12;/h3-10H,1-2H3;1H4. The Labute approximate surface area is 188 Å². The zero-order chi connectivity index (χ0) is 22.0. The van der Waals surface area contributed by atoms with E-state index in [-0.39, 0.29) is 31.1 Å². The molecule has 0 bridgehead atoms. The van der Waals surface area contributed by atoms with Crippen molar-refractivity contribution >= 4 is 66.7 Å². The summed E-state index contributed by atoms with van der Waals surface area (Å²) in [5.74, 6) is -1.27. The van der Waals surface area contributed by atoms with Crippen LogP contribution < -0.4 is 0 Å². The molecule has 160 valence electrons. The van der Waals surface area contributed by atoms with Crippen LogP contribution in [0.1, 0.15) is 48.9 Å². The summed E-state index contributed by atoms with van der Waals surface area (Å²) in [6, 6.07) is 14.7. The van der Waals surface area contributed by atoms with Crippen molar-refractivity contribution in [3.8, 4) is 0 Å². The first kappa shape index (κ1) is 19.4. The minimum absolute atomic E-state index is 0. The average Bonchev–Trinajstić information content (AvgIpc) is 2.82. The molecule has 0 spiro atoms. The summed E-state index contributed by atoms with van der Waals surface area (Å²) in [6.45, 7) is 0. The highest BCUT2D eigenvalue weighted by Gasteiger charge is 2.34. The van der Waals surface area contributed by atoms with Crippen molar-refractivity contribution in [3.05, 3.63) is 70.8 Å². The smallest absolute Gasteiger partial charge is 0.261 e. The second-order valence-corrected chi connectivity index (χ2v) is 8.48. The predicted molar refractivity (Wildman–Crippen MR) is 127 cm³/mol. The van der Waals surface area contributed by atoms with Crippen LogP contribution >= 0.6 is 0 Å². The van der Waals surface area contributed by atoms with E-state index in [1.165, 1.54) is 14.1 Å². The lowest BCUT2D eigenvalue weighted by atomic mass is 9.82. The molecular formula is C27H18N2O4. The Kier molecular flexibility index (Phi) is 3.48. The fraction of sp³-hybridized carbons (Fsp3) is 0.111. The maximum atomic E-state index is 12.8. The molecule has 5 aromatic rings. The number of hydrogen-bond acceptors (Lipinski definition) is 4. The SMILES string of the molecule is C.CN1C(=O)c2ccc3c4ccc5c6c(ccc(c7ccc(c2c37)C1=O)c64)C(=O)N(C)C5=O. The van der Waals surface area contributed by atoms with Crippen LogP contribution in [0.15, 0.2) is 48.5 Å². The molecule has 0 saturated carbocycles. The number of nitrogens with zero attached hydrogens (tertiary/aromatic N) is 2. The van der Waals surface area contributed by atoms with Crippen molar-refractivity contribution < 1.29 is 19.2 Å². The van der Waals surface area contributed by atoms with Gasteiger partial charge >= 0.3 is 0 Å². The first-order valence-corrected chi connectivity index (χ1v) is 10.2. The van der Waals surface area contributed by atoms with E-state index in [4.69, 9.17) is 0 Å². The molecule has 6 heteroatoms. The van der Waals surface area contributed by atoms with Gasteiger partial charge in [0.05, 0.1) is 0 Å². The predicted octanol–water partition coefficient (Wildman–Crippen LogP) is 4.82. The van der Waals surface area contributed by atoms with Gasteiger partial charge in [0.25, 0.3) is 23.6 Å². The maximum Gasteiger partial charge on any atom is 0.261 e. The quantitative estimate of drug-likeness (QED) is 0.199. The Balaban J connectivity index is 0.00000206. The normalized spacial score (nSPS) is 15.5. The van der Waals surface area contributed by atoms with Crippen LogP contribution in [0.2, 0.25) is 0 Å². The average molecular weight is 434 g/mol. The minimum atomic E-state index is -0.318. The van der Waals surface area contributed by atoms with Crippen LogP contribution in [-0.2, 0) is 0 Å². The van der Waals surface area contributed by atoms with Gasteiger partial charge in [-0.1, -0.05) is 31.7 Å². The second kappa shape index (κ2) is 5.92. The molecule has 0 radical (unpaired) electrons. The highest BCUT2D eigenvalue weighted by Crippen LogP contribution is 2.45. The number of amides is 4. The molecule has 2 aliphatic heterocycles. The van der Waals surface area contributed by atoms with Crippen LogP contribution in [0.5, 0.6) is 0 Å². The van der Waals surface area contributed by atoms with Gasteiger partial charge in [-0.05, 0) is 56.6 Å². The van der Waals surface area contributed by atoms with Crippen LogP contribution in [0.25, 0.3) is 43.1 Å². The lowest BCUT2D eigenvalue weighted by Crippen LogP contribution is -2.37. The molecule has 2 heterocycles. The molecule has 6 nitrogen and oxygen atoms in total. The highest BCUT2D eigenvalue weighted by atomic mass is 16.2. The van der Waals surface area contributed by atoms with Crippen LogP contribution in [0.4, 0.5) is 0 Å². The van der Waals surface area contributed by atoms with Gasteiger partial charge in [0.1, 0.15) is 0 Å². The van der Waals surface area contributed by atoms with E-state index in [0.29, 0.717) is 33.0 Å². The third kappa shape index (κ3) is 1.99. The Morgan fingerprint density at radius 2 is 0.667 bits per heavy atom. The molecule has 33 heavy (non-hydrogen) atoms. The van der Waals surface area contributed by atoms with Gasteiger partial charge < -0.3 is 0 Å². The molecule has 0 aromatic heterocycles. The number of benzene rings is 5. The van der Waals surface area contributed by atoms with Crippen LogP contribution in [0.3, 0.4) is 0 Å². The lowest BCUT2D eigenvalue weighted by Gasteiger charge is -2.27. The summed E-state index contributed by atoms with van der Waals surface area (Å²) in [6.07, 6.45) is 0. The Morgan fingerprint density at radius 1 is 0.424 bits per heavy atom. The number of imide groups is 2. The van der Waals surface area contributed by atoms with Crippen molar-refractivity contribution in [2.45, 2.75) is 7.43 Å². The molecule has 0 aliphatic carbocycles. The lowest BCUT2D eigenvalue weighted by molar-refractivity contribution is 0.0635. The van der Waals surface area contributed by atoms with E-state index in [0.717, 1.165) is 42.1 Å². The summed E-state index contributed by atoms with van der Waals surface area (Å²) in [5.41, 5.74) is 2.01.